The molecule has 1 aromatic rings. The summed E-state index contributed by atoms with van der Waals surface area (Å²) in [5.41, 5.74) is 6.70. The van der Waals surface area contributed by atoms with E-state index in [1.807, 2.05) is 36.1 Å². The molecule has 0 radical (unpaired) electrons. The van der Waals surface area contributed by atoms with Crippen molar-refractivity contribution in [3.8, 4) is 5.75 Å². The van der Waals surface area contributed by atoms with Crippen molar-refractivity contribution in [1.82, 2.24) is 4.90 Å². The van der Waals surface area contributed by atoms with Crippen molar-refractivity contribution in [2.24, 2.45) is 11.7 Å². The summed E-state index contributed by atoms with van der Waals surface area (Å²) in [6.07, 6.45) is 1.72. The van der Waals surface area contributed by atoms with Crippen molar-refractivity contribution in [3.63, 3.8) is 0 Å². The molecule has 2 aliphatic rings. The largest absolute Gasteiger partial charge is 0.479 e. The van der Waals surface area contributed by atoms with E-state index in [4.69, 9.17) is 10.5 Å². The molecule has 6 nitrogen and oxygen atoms in total. The predicted molar refractivity (Wildman–Crippen MR) is 104 cm³/mol. The van der Waals surface area contributed by atoms with E-state index in [1.165, 1.54) is 0 Å². The Morgan fingerprint density at radius 2 is 1.96 bits per heavy atom. The first-order valence-electron chi connectivity index (χ1n) is 9.08. The van der Waals surface area contributed by atoms with Gasteiger partial charge in [-0.1, -0.05) is 12.1 Å². The average Bonchev–Trinajstić information content (AvgIpc) is 2.62. The van der Waals surface area contributed by atoms with Crippen molar-refractivity contribution in [2.75, 3.05) is 24.5 Å². The first-order chi connectivity index (χ1) is 12.0. The third-order valence-electron chi connectivity index (χ3n) is 5.26. The maximum absolute atomic E-state index is 12.5. The number of para-hydroxylation sites is 2. The Balaban J connectivity index is 0.00000243. The molecule has 0 spiro atoms. The van der Waals surface area contributed by atoms with Crippen molar-refractivity contribution in [1.29, 1.82) is 0 Å². The van der Waals surface area contributed by atoms with Crippen molar-refractivity contribution < 1.29 is 14.3 Å². The normalized spacial score (nSPS) is 21.5. The molecule has 0 aliphatic carbocycles. The minimum atomic E-state index is -0.521. The SMILES string of the molecule is CC1Oc2ccccc2N(CCC(=O)N2CCC(C(C)N)CC2)C1=O.Cl. The summed E-state index contributed by atoms with van der Waals surface area (Å²) >= 11 is 0. The molecule has 26 heavy (non-hydrogen) atoms. The fraction of sp³-hybridized carbons (Fsp3) is 0.579. The fourth-order valence-corrected chi connectivity index (χ4v) is 3.63. The number of amides is 2. The number of carbonyl (C=O) groups excluding carboxylic acids is 2. The molecule has 1 fully saturated rings. The minimum Gasteiger partial charge on any atom is -0.479 e. The number of hydrogen-bond donors (Lipinski definition) is 1. The van der Waals surface area contributed by atoms with Crippen LogP contribution < -0.4 is 15.4 Å². The number of anilines is 1. The summed E-state index contributed by atoms with van der Waals surface area (Å²) in [5, 5.41) is 0. The highest BCUT2D eigenvalue weighted by Gasteiger charge is 2.32. The summed E-state index contributed by atoms with van der Waals surface area (Å²) in [6, 6.07) is 7.65. The fourth-order valence-electron chi connectivity index (χ4n) is 3.63. The highest BCUT2D eigenvalue weighted by Crippen LogP contribution is 2.33. The van der Waals surface area contributed by atoms with Gasteiger partial charge < -0.3 is 20.3 Å². The maximum atomic E-state index is 12.5. The second kappa shape index (κ2) is 8.73. The molecular weight excluding hydrogens is 354 g/mol. The van der Waals surface area contributed by atoms with Crippen LogP contribution in [0.5, 0.6) is 5.75 Å². The Morgan fingerprint density at radius 3 is 2.62 bits per heavy atom. The molecule has 2 unspecified atom stereocenters. The Labute approximate surface area is 161 Å². The summed E-state index contributed by atoms with van der Waals surface area (Å²) in [4.78, 5) is 28.6. The molecular formula is C19H28ClN3O3. The first kappa shape index (κ1) is 20.5. The van der Waals surface area contributed by atoms with E-state index in [1.54, 1.807) is 11.8 Å². The summed E-state index contributed by atoms with van der Waals surface area (Å²) in [5.74, 6) is 1.20. The van der Waals surface area contributed by atoms with Gasteiger partial charge in [-0.15, -0.1) is 12.4 Å². The van der Waals surface area contributed by atoms with Crippen LogP contribution in [0, 0.1) is 5.92 Å². The van der Waals surface area contributed by atoms with Gasteiger partial charge in [-0.2, -0.15) is 0 Å². The number of nitrogens with zero attached hydrogens (tertiary/aromatic N) is 2. The number of fused-ring (bicyclic) bond motifs is 1. The number of piperidine rings is 1. The minimum absolute atomic E-state index is 0. The van der Waals surface area contributed by atoms with Crippen LogP contribution in [0.25, 0.3) is 0 Å². The quantitative estimate of drug-likeness (QED) is 0.867. The van der Waals surface area contributed by atoms with E-state index >= 15 is 0 Å². The standard InChI is InChI=1S/C19H27N3O3.ClH/c1-13(20)15-7-10-21(11-8-15)18(23)9-12-22-16-5-3-4-6-17(16)25-14(2)19(22)24;/h3-6,13-15H,7-12,20H2,1-2H3;1H. The van der Waals surface area contributed by atoms with Crippen LogP contribution >= 0.6 is 12.4 Å². The highest BCUT2D eigenvalue weighted by molar-refractivity contribution is 6.00. The van der Waals surface area contributed by atoms with Gasteiger partial charge in [-0.25, -0.2) is 0 Å². The van der Waals surface area contributed by atoms with Crippen LogP contribution in [0.1, 0.15) is 33.1 Å². The summed E-state index contributed by atoms with van der Waals surface area (Å²) in [7, 11) is 0. The Morgan fingerprint density at radius 1 is 1.31 bits per heavy atom. The predicted octanol–water partition coefficient (Wildman–Crippen LogP) is 2.20. The lowest BCUT2D eigenvalue weighted by Crippen LogP contribution is -2.47. The van der Waals surface area contributed by atoms with Gasteiger partial charge in [0.1, 0.15) is 5.75 Å². The van der Waals surface area contributed by atoms with Crippen molar-refractivity contribution in [2.45, 2.75) is 45.3 Å². The van der Waals surface area contributed by atoms with Crippen LogP contribution in [-0.2, 0) is 9.59 Å². The number of carbonyl (C=O) groups is 2. The number of halogens is 1. The number of nitrogens with two attached hydrogens (primary N) is 1. The molecule has 1 aromatic carbocycles. The van der Waals surface area contributed by atoms with E-state index < -0.39 is 6.10 Å². The molecule has 2 amide bonds. The van der Waals surface area contributed by atoms with Crippen LogP contribution in [0.15, 0.2) is 24.3 Å². The zero-order valence-electron chi connectivity index (χ0n) is 15.4. The molecule has 1 saturated heterocycles. The Bertz CT molecular complexity index is 645. The maximum Gasteiger partial charge on any atom is 0.267 e. The van der Waals surface area contributed by atoms with Crippen LogP contribution in [0.3, 0.4) is 0 Å². The molecule has 0 saturated carbocycles. The summed E-state index contributed by atoms with van der Waals surface area (Å²) in [6.45, 7) is 5.68. The van der Waals surface area contributed by atoms with Gasteiger partial charge in [0.15, 0.2) is 6.10 Å². The van der Waals surface area contributed by atoms with Crippen LogP contribution in [0.2, 0.25) is 0 Å². The van der Waals surface area contributed by atoms with E-state index in [0.717, 1.165) is 31.6 Å². The van der Waals surface area contributed by atoms with Crippen molar-refractivity contribution >= 4 is 29.9 Å². The smallest absolute Gasteiger partial charge is 0.267 e. The lowest BCUT2D eigenvalue weighted by Gasteiger charge is -2.35. The van der Waals surface area contributed by atoms with Crippen LogP contribution in [-0.4, -0.2) is 48.5 Å². The molecule has 144 valence electrons. The third kappa shape index (κ3) is 4.30. The number of hydrogen-bond acceptors (Lipinski definition) is 4. The van der Waals surface area contributed by atoms with Gasteiger partial charge in [-0.05, 0) is 44.7 Å². The molecule has 2 N–H and O–H groups in total. The molecule has 0 bridgehead atoms. The van der Waals surface area contributed by atoms with Crippen LogP contribution in [0.4, 0.5) is 5.69 Å². The van der Waals surface area contributed by atoms with Gasteiger partial charge >= 0.3 is 0 Å². The van der Waals surface area contributed by atoms with Gasteiger partial charge in [0.25, 0.3) is 5.91 Å². The molecule has 0 aromatic heterocycles. The monoisotopic (exact) mass is 381 g/mol. The zero-order chi connectivity index (χ0) is 18.0. The molecule has 3 rings (SSSR count). The lowest BCUT2D eigenvalue weighted by atomic mass is 9.91. The number of likely N-dealkylation sites (tertiary alicyclic amines) is 1. The zero-order valence-corrected chi connectivity index (χ0v) is 16.2. The Hall–Kier alpha value is -1.79. The van der Waals surface area contributed by atoms with E-state index in [-0.39, 0.29) is 30.3 Å². The van der Waals surface area contributed by atoms with E-state index in [9.17, 15) is 9.59 Å². The molecule has 2 atom stereocenters. The van der Waals surface area contributed by atoms with E-state index in [2.05, 4.69) is 0 Å². The average molecular weight is 382 g/mol. The number of benzene rings is 1. The Kier molecular flexibility index (Phi) is 6.89. The lowest BCUT2D eigenvalue weighted by molar-refractivity contribution is -0.132. The molecule has 2 aliphatic heterocycles. The number of rotatable bonds is 4. The molecule has 2 heterocycles. The van der Waals surface area contributed by atoms with Gasteiger partial charge in [-0.3, -0.25) is 9.59 Å². The van der Waals surface area contributed by atoms with Crippen molar-refractivity contribution in [3.05, 3.63) is 24.3 Å². The number of ether oxygens (including phenoxy) is 1. The topological polar surface area (TPSA) is 75.9 Å². The first-order valence-corrected chi connectivity index (χ1v) is 9.08. The third-order valence-corrected chi connectivity index (χ3v) is 5.26. The second-order valence-corrected chi connectivity index (χ2v) is 7.05. The van der Waals surface area contributed by atoms with Gasteiger partial charge in [0.2, 0.25) is 5.91 Å². The highest BCUT2D eigenvalue weighted by atomic mass is 35.5. The van der Waals surface area contributed by atoms with Gasteiger partial charge in [0, 0.05) is 32.1 Å². The summed E-state index contributed by atoms with van der Waals surface area (Å²) < 4.78 is 5.63. The van der Waals surface area contributed by atoms with E-state index in [0.29, 0.717) is 24.6 Å². The molecule has 7 heteroatoms. The van der Waals surface area contributed by atoms with Gasteiger partial charge in [0.05, 0.1) is 5.69 Å². The second-order valence-electron chi connectivity index (χ2n) is 7.05.